The molecule has 1 N–H and O–H groups in total. The van der Waals surface area contributed by atoms with Crippen LogP contribution in [0.2, 0.25) is 0 Å². The van der Waals surface area contributed by atoms with Crippen LogP contribution >= 0.6 is 11.9 Å². The third-order valence-electron chi connectivity index (χ3n) is 2.23. The molecule has 2 nitrogen and oxygen atoms in total. The van der Waals surface area contributed by atoms with Crippen molar-refractivity contribution in [1.82, 2.24) is 4.98 Å². The molecule has 0 aliphatic heterocycles. The fourth-order valence-corrected chi connectivity index (χ4v) is 1.91. The molecular weight excluding hydrogens is 266 g/mol. The average Bonchev–Trinajstić information content (AvgIpc) is 2.47. The molecule has 5 heteroatoms. The third-order valence-corrected chi connectivity index (χ3v) is 3.03. The topological polar surface area (TPSA) is 24.9 Å². The number of benzene rings is 1. The molecule has 102 valence electrons. The van der Waals surface area contributed by atoms with E-state index in [2.05, 4.69) is 9.71 Å². The van der Waals surface area contributed by atoms with Gasteiger partial charge in [0.25, 0.3) is 0 Å². The third kappa shape index (κ3) is 4.21. The lowest BCUT2D eigenvalue weighted by Crippen LogP contribution is -1.96. The predicted octanol–water partition coefficient (Wildman–Crippen LogP) is 4.81. The Hall–Kier alpha value is -1.62. The maximum absolute atomic E-state index is 13.6. The van der Waals surface area contributed by atoms with Crippen molar-refractivity contribution in [3.8, 4) is 0 Å². The molecule has 0 saturated heterocycles. The zero-order valence-corrected chi connectivity index (χ0v) is 11.9. The molecule has 0 aliphatic rings. The molecule has 0 amide bonds. The predicted molar refractivity (Wildman–Crippen MR) is 76.2 cm³/mol. The molecule has 0 saturated carbocycles. The first-order valence-corrected chi connectivity index (χ1v) is 6.77. The summed E-state index contributed by atoms with van der Waals surface area (Å²) in [6.45, 7) is 5.41. The summed E-state index contributed by atoms with van der Waals surface area (Å²) in [4.78, 5) is 4.79. The molecule has 2 aromatic rings. The minimum Gasteiger partial charge on any atom is -0.323 e. The SMILES string of the molecule is CC.Cc1c(F)ccc(NSc2cccnc2)c1F. The molecule has 0 radical (unpaired) electrons. The second-order valence-electron chi connectivity index (χ2n) is 3.43. The summed E-state index contributed by atoms with van der Waals surface area (Å²) >= 11 is 1.23. The van der Waals surface area contributed by atoms with Crippen LogP contribution in [0.5, 0.6) is 0 Å². The highest BCUT2D eigenvalue weighted by Crippen LogP contribution is 2.25. The average molecular weight is 282 g/mol. The minimum absolute atomic E-state index is 0.0155. The minimum atomic E-state index is -0.568. The summed E-state index contributed by atoms with van der Waals surface area (Å²) in [5.41, 5.74) is 0.277. The fourth-order valence-electron chi connectivity index (χ4n) is 1.26. The highest BCUT2D eigenvalue weighted by atomic mass is 32.2. The first-order valence-electron chi connectivity index (χ1n) is 5.96. The second kappa shape index (κ2) is 7.74. The normalized spacial score (nSPS) is 9.53. The van der Waals surface area contributed by atoms with Crippen molar-refractivity contribution in [2.75, 3.05) is 4.72 Å². The zero-order chi connectivity index (χ0) is 14.3. The highest BCUT2D eigenvalue weighted by molar-refractivity contribution is 8.00. The standard InChI is InChI=1S/C12H10F2N2S.C2H6/c1-8-10(13)4-5-11(12(8)14)16-17-9-3-2-6-15-7-9;1-2/h2-7,16H,1H3;1-2H3. The Morgan fingerprint density at radius 3 is 2.53 bits per heavy atom. The van der Waals surface area contributed by atoms with E-state index in [1.165, 1.54) is 31.0 Å². The van der Waals surface area contributed by atoms with Crippen LogP contribution in [0.25, 0.3) is 0 Å². The van der Waals surface area contributed by atoms with Crippen LogP contribution in [0.15, 0.2) is 41.6 Å². The van der Waals surface area contributed by atoms with E-state index in [1.807, 2.05) is 19.9 Å². The first-order chi connectivity index (χ1) is 9.18. The Morgan fingerprint density at radius 1 is 1.16 bits per heavy atom. The number of anilines is 1. The van der Waals surface area contributed by atoms with Gasteiger partial charge in [-0.3, -0.25) is 4.98 Å². The largest absolute Gasteiger partial charge is 0.323 e. The molecule has 19 heavy (non-hydrogen) atoms. The van der Waals surface area contributed by atoms with Crippen LogP contribution in [0.4, 0.5) is 14.5 Å². The maximum atomic E-state index is 13.6. The van der Waals surface area contributed by atoms with Gasteiger partial charge in [-0.05, 0) is 43.1 Å². The zero-order valence-electron chi connectivity index (χ0n) is 11.1. The van der Waals surface area contributed by atoms with Crippen LogP contribution in [0, 0.1) is 18.6 Å². The second-order valence-corrected chi connectivity index (χ2v) is 4.31. The summed E-state index contributed by atoms with van der Waals surface area (Å²) < 4.78 is 29.5. The van der Waals surface area contributed by atoms with E-state index in [0.29, 0.717) is 0 Å². The highest BCUT2D eigenvalue weighted by Gasteiger charge is 2.09. The molecule has 0 bridgehead atoms. The lowest BCUT2D eigenvalue weighted by molar-refractivity contribution is 0.571. The Kier molecular flexibility index (Phi) is 6.29. The molecule has 1 heterocycles. The summed E-state index contributed by atoms with van der Waals surface area (Å²) in [7, 11) is 0. The van der Waals surface area contributed by atoms with Crippen LogP contribution in [0.3, 0.4) is 0 Å². The van der Waals surface area contributed by atoms with Gasteiger partial charge in [0.15, 0.2) is 5.82 Å². The van der Waals surface area contributed by atoms with Crippen molar-refractivity contribution < 1.29 is 8.78 Å². The van der Waals surface area contributed by atoms with Crippen LogP contribution in [0.1, 0.15) is 19.4 Å². The number of halogens is 2. The van der Waals surface area contributed by atoms with Crippen LogP contribution < -0.4 is 4.72 Å². The Bertz CT molecular complexity index is 518. The van der Waals surface area contributed by atoms with Gasteiger partial charge in [0.1, 0.15) is 5.82 Å². The maximum Gasteiger partial charge on any atom is 0.152 e. The van der Waals surface area contributed by atoms with E-state index in [-0.39, 0.29) is 11.3 Å². The molecular formula is C14H16F2N2S. The van der Waals surface area contributed by atoms with Gasteiger partial charge in [0, 0.05) is 22.9 Å². The van der Waals surface area contributed by atoms with E-state index in [9.17, 15) is 8.78 Å². The number of nitrogens with zero attached hydrogens (tertiary/aromatic N) is 1. The number of aromatic nitrogens is 1. The summed E-state index contributed by atoms with van der Waals surface area (Å²) in [6.07, 6.45) is 3.32. The van der Waals surface area contributed by atoms with Gasteiger partial charge in [0.05, 0.1) is 5.69 Å². The van der Waals surface area contributed by atoms with E-state index >= 15 is 0 Å². The van der Waals surface area contributed by atoms with Crippen molar-refractivity contribution in [2.24, 2.45) is 0 Å². The summed E-state index contributed by atoms with van der Waals surface area (Å²) in [5, 5.41) is 0. The number of nitrogens with one attached hydrogen (secondary N) is 1. The molecule has 0 aliphatic carbocycles. The first kappa shape index (κ1) is 15.4. The van der Waals surface area contributed by atoms with E-state index in [4.69, 9.17) is 0 Å². The van der Waals surface area contributed by atoms with E-state index in [1.54, 1.807) is 18.5 Å². The van der Waals surface area contributed by atoms with Crippen molar-refractivity contribution in [2.45, 2.75) is 25.7 Å². The van der Waals surface area contributed by atoms with Gasteiger partial charge in [-0.25, -0.2) is 8.78 Å². The number of rotatable bonds is 3. The fraction of sp³-hybridized carbons (Fsp3) is 0.214. The summed E-state index contributed by atoms with van der Waals surface area (Å²) in [6, 6.07) is 6.25. The Labute approximate surface area is 116 Å². The van der Waals surface area contributed by atoms with Gasteiger partial charge in [0.2, 0.25) is 0 Å². The van der Waals surface area contributed by atoms with Gasteiger partial charge < -0.3 is 4.72 Å². The smallest absolute Gasteiger partial charge is 0.152 e. The van der Waals surface area contributed by atoms with E-state index < -0.39 is 11.6 Å². The molecule has 1 aromatic carbocycles. The number of pyridine rings is 1. The molecule has 2 rings (SSSR count). The quantitative estimate of drug-likeness (QED) is 0.817. The monoisotopic (exact) mass is 282 g/mol. The van der Waals surface area contributed by atoms with Crippen LogP contribution in [-0.2, 0) is 0 Å². The molecule has 0 unspecified atom stereocenters. The van der Waals surface area contributed by atoms with Gasteiger partial charge in [-0.1, -0.05) is 13.8 Å². The Balaban J connectivity index is 0.000000861. The van der Waals surface area contributed by atoms with Crippen molar-refractivity contribution in [3.63, 3.8) is 0 Å². The molecule has 0 fully saturated rings. The lowest BCUT2D eigenvalue weighted by atomic mass is 10.2. The van der Waals surface area contributed by atoms with Gasteiger partial charge in [-0.15, -0.1) is 0 Å². The van der Waals surface area contributed by atoms with Gasteiger partial charge in [-0.2, -0.15) is 0 Å². The Morgan fingerprint density at radius 2 is 1.89 bits per heavy atom. The van der Waals surface area contributed by atoms with Crippen molar-refractivity contribution >= 4 is 17.6 Å². The molecule has 1 aromatic heterocycles. The van der Waals surface area contributed by atoms with Crippen LogP contribution in [-0.4, -0.2) is 4.98 Å². The molecule has 0 atom stereocenters. The van der Waals surface area contributed by atoms with Gasteiger partial charge >= 0.3 is 0 Å². The van der Waals surface area contributed by atoms with E-state index in [0.717, 1.165) is 4.90 Å². The summed E-state index contributed by atoms with van der Waals surface area (Å²) in [5.74, 6) is -1.11. The number of hydrogen-bond donors (Lipinski definition) is 1. The van der Waals surface area contributed by atoms with Crippen molar-refractivity contribution in [3.05, 3.63) is 53.9 Å². The molecule has 0 spiro atoms. The number of hydrogen-bond acceptors (Lipinski definition) is 3. The van der Waals surface area contributed by atoms with Crippen molar-refractivity contribution in [1.29, 1.82) is 0 Å². The lowest BCUT2D eigenvalue weighted by Gasteiger charge is -2.08.